The summed E-state index contributed by atoms with van der Waals surface area (Å²) >= 11 is 0. The SMILES string of the molecule is CCn1cncc1-c1ccccc1CNC. The molecule has 0 spiro atoms. The molecule has 1 N–H and O–H groups in total. The van der Waals surface area contributed by atoms with Crippen molar-refractivity contribution >= 4 is 0 Å². The monoisotopic (exact) mass is 215 g/mol. The van der Waals surface area contributed by atoms with Gasteiger partial charge >= 0.3 is 0 Å². The molecule has 0 radical (unpaired) electrons. The first kappa shape index (κ1) is 10.9. The molecule has 1 heterocycles. The van der Waals surface area contributed by atoms with Gasteiger partial charge in [0.15, 0.2) is 0 Å². The fourth-order valence-electron chi connectivity index (χ4n) is 1.91. The Morgan fingerprint density at radius 2 is 2.12 bits per heavy atom. The summed E-state index contributed by atoms with van der Waals surface area (Å²) in [5.41, 5.74) is 3.75. The molecule has 0 saturated carbocycles. The maximum absolute atomic E-state index is 4.21. The van der Waals surface area contributed by atoms with Gasteiger partial charge in [0.1, 0.15) is 0 Å². The average Bonchev–Trinajstić information content (AvgIpc) is 2.78. The van der Waals surface area contributed by atoms with Crippen molar-refractivity contribution in [2.24, 2.45) is 0 Å². The van der Waals surface area contributed by atoms with Gasteiger partial charge in [0, 0.05) is 18.7 Å². The summed E-state index contributed by atoms with van der Waals surface area (Å²) in [7, 11) is 1.97. The number of aromatic nitrogens is 2. The Bertz CT molecular complexity index is 460. The quantitative estimate of drug-likeness (QED) is 0.848. The second-order valence-corrected chi connectivity index (χ2v) is 3.75. The van der Waals surface area contributed by atoms with Crippen LogP contribution in [0.4, 0.5) is 0 Å². The Labute approximate surface area is 96.1 Å². The van der Waals surface area contributed by atoms with E-state index in [1.807, 2.05) is 19.6 Å². The molecule has 0 aliphatic rings. The zero-order chi connectivity index (χ0) is 11.4. The molecule has 0 amide bonds. The highest BCUT2D eigenvalue weighted by atomic mass is 15.0. The van der Waals surface area contributed by atoms with Gasteiger partial charge in [0.05, 0.1) is 18.2 Å². The number of nitrogens with zero attached hydrogens (tertiary/aromatic N) is 2. The van der Waals surface area contributed by atoms with Crippen molar-refractivity contribution in [1.29, 1.82) is 0 Å². The van der Waals surface area contributed by atoms with E-state index in [0.29, 0.717) is 0 Å². The van der Waals surface area contributed by atoms with Crippen LogP contribution in [0.3, 0.4) is 0 Å². The van der Waals surface area contributed by atoms with Crippen LogP contribution >= 0.6 is 0 Å². The summed E-state index contributed by atoms with van der Waals surface area (Å²) < 4.78 is 2.16. The molecule has 16 heavy (non-hydrogen) atoms. The summed E-state index contributed by atoms with van der Waals surface area (Å²) in [6, 6.07) is 8.44. The van der Waals surface area contributed by atoms with Crippen molar-refractivity contribution in [3.8, 4) is 11.3 Å². The van der Waals surface area contributed by atoms with Crippen molar-refractivity contribution in [1.82, 2.24) is 14.9 Å². The largest absolute Gasteiger partial charge is 0.331 e. The number of hydrogen-bond acceptors (Lipinski definition) is 2. The number of aryl methyl sites for hydroxylation is 1. The molecule has 0 fully saturated rings. The molecule has 0 bridgehead atoms. The lowest BCUT2D eigenvalue weighted by Crippen LogP contribution is -2.07. The Morgan fingerprint density at radius 3 is 2.88 bits per heavy atom. The topological polar surface area (TPSA) is 29.9 Å². The molecular formula is C13H17N3. The first-order valence-electron chi connectivity index (χ1n) is 5.59. The minimum atomic E-state index is 0.880. The molecular weight excluding hydrogens is 198 g/mol. The Balaban J connectivity index is 2.46. The third-order valence-electron chi connectivity index (χ3n) is 2.71. The lowest BCUT2D eigenvalue weighted by atomic mass is 10.0. The van der Waals surface area contributed by atoms with Gasteiger partial charge in [0.2, 0.25) is 0 Å². The van der Waals surface area contributed by atoms with E-state index in [9.17, 15) is 0 Å². The molecule has 1 aromatic heterocycles. The smallest absolute Gasteiger partial charge is 0.0950 e. The Kier molecular flexibility index (Phi) is 3.37. The number of benzene rings is 1. The van der Waals surface area contributed by atoms with Crippen molar-refractivity contribution in [2.75, 3.05) is 7.05 Å². The maximum atomic E-state index is 4.21. The number of rotatable bonds is 4. The van der Waals surface area contributed by atoms with E-state index in [1.54, 1.807) is 0 Å². The van der Waals surface area contributed by atoms with Crippen molar-refractivity contribution in [3.05, 3.63) is 42.4 Å². The van der Waals surface area contributed by atoms with Gasteiger partial charge in [-0.1, -0.05) is 24.3 Å². The lowest BCUT2D eigenvalue weighted by Gasteiger charge is -2.10. The first-order chi connectivity index (χ1) is 7.86. The van der Waals surface area contributed by atoms with Crippen LogP contribution in [0.25, 0.3) is 11.3 Å². The standard InChI is InChI=1S/C13H17N3/c1-3-16-10-15-9-13(16)12-7-5-4-6-11(12)8-14-2/h4-7,9-10,14H,3,8H2,1-2H3. The molecule has 0 saturated heterocycles. The Hall–Kier alpha value is -1.61. The van der Waals surface area contributed by atoms with Crippen molar-refractivity contribution in [3.63, 3.8) is 0 Å². The predicted molar refractivity (Wildman–Crippen MR) is 66.1 cm³/mol. The highest BCUT2D eigenvalue weighted by Gasteiger charge is 2.07. The molecule has 0 aliphatic carbocycles. The molecule has 84 valence electrons. The van der Waals surface area contributed by atoms with E-state index < -0.39 is 0 Å². The molecule has 0 unspecified atom stereocenters. The second-order valence-electron chi connectivity index (χ2n) is 3.75. The lowest BCUT2D eigenvalue weighted by molar-refractivity contribution is 0.764. The summed E-state index contributed by atoms with van der Waals surface area (Å²) in [6.45, 7) is 3.96. The number of nitrogens with one attached hydrogen (secondary N) is 1. The molecule has 0 aliphatic heterocycles. The van der Waals surface area contributed by atoms with Gasteiger partial charge in [-0.15, -0.1) is 0 Å². The zero-order valence-corrected chi connectivity index (χ0v) is 9.77. The van der Waals surface area contributed by atoms with Gasteiger partial charge in [-0.3, -0.25) is 0 Å². The first-order valence-corrected chi connectivity index (χ1v) is 5.59. The van der Waals surface area contributed by atoms with Gasteiger partial charge in [-0.2, -0.15) is 0 Å². The fraction of sp³-hybridized carbons (Fsp3) is 0.308. The molecule has 0 atom stereocenters. The van der Waals surface area contributed by atoms with E-state index >= 15 is 0 Å². The van der Waals surface area contributed by atoms with Crippen LogP contribution in [0.15, 0.2) is 36.8 Å². The van der Waals surface area contributed by atoms with Crippen LogP contribution in [0, 0.1) is 0 Å². The van der Waals surface area contributed by atoms with E-state index in [4.69, 9.17) is 0 Å². The van der Waals surface area contributed by atoms with E-state index in [0.717, 1.165) is 13.1 Å². The molecule has 2 rings (SSSR count). The third kappa shape index (κ3) is 1.99. The Morgan fingerprint density at radius 1 is 1.31 bits per heavy atom. The summed E-state index contributed by atoms with van der Waals surface area (Å²) in [5.74, 6) is 0. The minimum absolute atomic E-state index is 0.880. The van der Waals surface area contributed by atoms with Gasteiger partial charge in [0.25, 0.3) is 0 Å². The van der Waals surface area contributed by atoms with E-state index in [2.05, 4.69) is 46.1 Å². The molecule has 3 nitrogen and oxygen atoms in total. The van der Waals surface area contributed by atoms with Crippen LogP contribution < -0.4 is 5.32 Å². The zero-order valence-electron chi connectivity index (χ0n) is 9.77. The summed E-state index contributed by atoms with van der Waals surface area (Å²) in [5, 5.41) is 3.19. The van der Waals surface area contributed by atoms with Gasteiger partial charge in [-0.05, 0) is 19.5 Å². The average molecular weight is 215 g/mol. The highest BCUT2D eigenvalue weighted by Crippen LogP contribution is 2.23. The summed E-state index contributed by atoms with van der Waals surface area (Å²) in [6.07, 6.45) is 3.81. The van der Waals surface area contributed by atoms with Crippen molar-refractivity contribution in [2.45, 2.75) is 20.0 Å². The predicted octanol–water partition coefficient (Wildman–Crippen LogP) is 2.29. The van der Waals surface area contributed by atoms with Crippen LogP contribution in [-0.4, -0.2) is 16.6 Å². The van der Waals surface area contributed by atoms with Gasteiger partial charge in [-0.25, -0.2) is 4.98 Å². The maximum Gasteiger partial charge on any atom is 0.0950 e. The summed E-state index contributed by atoms with van der Waals surface area (Å²) in [4.78, 5) is 4.21. The molecule has 1 aromatic carbocycles. The highest BCUT2D eigenvalue weighted by molar-refractivity contribution is 5.63. The number of imidazole rings is 1. The fourth-order valence-corrected chi connectivity index (χ4v) is 1.91. The van der Waals surface area contributed by atoms with E-state index in [1.165, 1.54) is 16.8 Å². The van der Waals surface area contributed by atoms with Gasteiger partial charge < -0.3 is 9.88 Å². The second kappa shape index (κ2) is 4.94. The van der Waals surface area contributed by atoms with Crippen LogP contribution in [-0.2, 0) is 13.1 Å². The normalized spacial score (nSPS) is 10.6. The van der Waals surface area contributed by atoms with Crippen molar-refractivity contribution < 1.29 is 0 Å². The van der Waals surface area contributed by atoms with Crippen LogP contribution in [0.2, 0.25) is 0 Å². The molecule has 3 heteroatoms. The molecule has 2 aromatic rings. The van der Waals surface area contributed by atoms with Crippen LogP contribution in [0.1, 0.15) is 12.5 Å². The minimum Gasteiger partial charge on any atom is -0.331 e. The van der Waals surface area contributed by atoms with E-state index in [-0.39, 0.29) is 0 Å². The van der Waals surface area contributed by atoms with Crippen LogP contribution in [0.5, 0.6) is 0 Å². The third-order valence-corrected chi connectivity index (χ3v) is 2.71. The number of hydrogen-bond donors (Lipinski definition) is 1.